The van der Waals surface area contributed by atoms with E-state index in [-0.39, 0.29) is 17.7 Å². The molecule has 0 amide bonds. The van der Waals surface area contributed by atoms with Crippen molar-refractivity contribution in [3.05, 3.63) is 12.0 Å². The van der Waals surface area contributed by atoms with Crippen LogP contribution in [0.15, 0.2) is 6.20 Å². The molecule has 1 aromatic heterocycles. The van der Waals surface area contributed by atoms with Gasteiger partial charge < -0.3 is 20.1 Å². The molecule has 23 heavy (non-hydrogen) atoms. The van der Waals surface area contributed by atoms with Crippen LogP contribution >= 0.6 is 0 Å². The fourth-order valence-corrected chi connectivity index (χ4v) is 3.81. The number of aromatic nitrogens is 2. The van der Waals surface area contributed by atoms with E-state index in [0.717, 1.165) is 26.1 Å². The molecule has 0 aromatic carbocycles. The average Bonchev–Trinajstić information content (AvgIpc) is 2.59. The van der Waals surface area contributed by atoms with E-state index in [2.05, 4.69) is 22.2 Å². The first-order chi connectivity index (χ1) is 11.0. The summed E-state index contributed by atoms with van der Waals surface area (Å²) in [7, 11) is 1.64. The minimum atomic E-state index is -0.661. The van der Waals surface area contributed by atoms with Gasteiger partial charge in [0.05, 0.1) is 11.8 Å². The summed E-state index contributed by atoms with van der Waals surface area (Å²) < 4.78 is 18.9. The third-order valence-corrected chi connectivity index (χ3v) is 5.31. The first-order valence-electron chi connectivity index (χ1n) is 8.30. The predicted molar refractivity (Wildman–Crippen MR) is 86.0 cm³/mol. The molecule has 0 spiro atoms. The van der Waals surface area contributed by atoms with E-state index in [9.17, 15) is 9.50 Å². The second-order valence-corrected chi connectivity index (χ2v) is 6.59. The zero-order chi connectivity index (χ0) is 16.4. The Morgan fingerprint density at radius 1 is 1.43 bits per heavy atom. The molecule has 2 aliphatic heterocycles. The monoisotopic (exact) mass is 324 g/mol. The van der Waals surface area contributed by atoms with Gasteiger partial charge in [0.15, 0.2) is 11.6 Å². The fourth-order valence-electron chi connectivity index (χ4n) is 3.81. The van der Waals surface area contributed by atoms with Crippen LogP contribution in [0.4, 0.5) is 16.2 Å². The van der Waals surface area contributed by atoms with Gasteiger partial charge in [-0.1, -0.05) is 6.92 Å². The standard InChI is InChI=1S/C16H25FN4O2/c1-11-10-21(15-19-9-13(17)14(18-2)20-15)6-5-16(11,22)12-3-7-23-8-4-12/h9,11-12,22H,3-8,10H2,1-2H3,(H,18,19,20)/t11-,16+/m1/s1. The van der Waals surface area contributed by atoms with E-state index in [1.807, 2.05) is 4.90 Å². The molecule has 7 heteroatoms. The van der Waals surface area contributed by atoms with Gasteiger partial charge in [-0.3, -0.25) is 0 Å². The number of hydrogen-bond donors (Lipinski definition) is 2. The van der Waals surface area contributed by atoms with Crippen LogP contribution in [0.25, 0.3) is 0 Å². The van der Waals surface area contributed by atoms with Gasteiger partial charge >= 0.3 is 0 Å². The van der Waals surface area contributed by atoms with Crippen molar-refractivity contribution >= 4 is 11.8 Å². The molecule has 1 aromatic rings. The second kappa shape index (κ2) is 6.57. The Morgan fingerprint density at radius 2 is 2.17 bits per heavy atom. The minimum absolute atomic E-state index is 0.103. The molecular formula is C16H25FN4O2. The number of hydrogen-bond acceptors (Lipinski definition) is 6. The maximum atomic E-state index is 13.5. The van der Waals surface area contributed by atoms with Crippen molar-refractivity contribution in [1.29, 1.82) is 0 Å². The predicted octanol–water partition coefficient (Wildman–Crippen LogP) is 1.66. The van der Waals surface area contributed by atoms with Gasteiger partial charge in [0, 0.05) is 39.3 Å². The Balaban J connectivity index is 1.73. The van der Waals surface area contributed by atoms with Crippen LogP contribution in [-0.2, 0) is 4.74 Å². The van der Waals surface area contributed by atoms with Crippen molar-refractivity contribution in [3.8, 4) is 0 Å². The van der Waals surface area contributed by atoms with E-state index in [0.29, 0.717) is 25.5 Å². The fraction of sp³-hybridized carbons (Fsp3) is 0.750. The molecule has 2 aliphatic rings. The lowest BCUT2D eigenvalue weighted by Crippen LogP contribution is -2.56. The van der Waals surface area contributed by atoms with Gasteiger partial charge in [-0.05, 0) is 25.2 Å². The van der Waals surface area contributed by atoms with Gasteiger partial charge in [-0.2, -0.15) is 4.98 Å². The summed E-state index contributed by atoms with van der Waals surface area (Å²) in [6, 6.07) is 0. The van der Waals surface area contributed by atoms with E-state index in [1.165, 1.54) is 6.20 Å². The van der Waals surface area contributed by atoms with E-state index in [1.54, 1.807) is 7.05 Å². The number of halogens is 1. The summed E-state index contributed by atoms with van der Waals surface area (Å²) in [5.41, 5.74) is -0.661. The molecule has 0 aliphatic carbocycles. The van der Waals surface area contributed by atoms with Gasteiger partial charge in [-0.15, -0.1) is 0 Å². The van der Waals surface area contributed by atoms with Crippen LogP contribution in [0.5, 0.6) is 0 Å². The highest BCUT2D eigenvalue weighted by Gasteiger charge is 2.45. The zero-order valence-corrected chi connectivity index (χ0v) is 13.8. The van der Waals surface area contributed by atoms with E-state index in [4.69, 9.17) is 4.74 Å². The number of rotatable bonds is 3. The van der Waals surface area contributed by atoms with Gasteiger partial charge in [0.2, 0.25) is 5.95 Å². The van der Waals surface area contributed by atoms with Crippen molar-refractivity contribution in [1.82, 2.24) is 9.97 Å². The molecule has 0 saturated carbocycles. The Bertz CT molecular complexity index is 553. The van der Waals surface area contributed by atoms with E-state index < -0.39 is 11.4 Å². The molecule has 128 valence electrons. The van der Waals surface area contributed by atoms with Crippen molar-refractivity contribution in [2.75, 3.05) is 43.6 Å². The summed E-state index contributed by atoms with van der Waals surface area (Å²) in [5, 5.41) is 13.9. The minimum Gasteiger partial charge on any atom is -0.389 e. The molecule has 6 nitrogen and oxygen atoms in total. The summed E-state index contributed by atoms with van der Waals surface area (Å²) in [6.07, 6.45) is 3.70. The molecule has 0 bridgehead atoms. The SMILES string of the molecule is CNc1nc(N2CC[C@@](O)(C3CCOCC3)[C@H](C)C2)ncc1F. The first-order valence-corrected chi connectivity index (χ1v) is 8.30. The molecule has 3 rings (SSSR count). The van der Waals surface area contributed by atoms with Crippen LogP contribution in [-0.4, -0.2) is 54.0 Å². The maximum Gasteiger partial charge on any atom is 0.227 e. The third kappa shape index (κ3) is 3.12. The molecule has 2 saturated heterocycles. The van der Waals surface area contributed by atoms with Crippen molar-refractivity contribution in [2.24, 2.45) is 11.8 Å². The van der Waals surface area contributed by atoms with Crippen LogP contribution in [0.3, 0.4) is 0 Å². The van der Waals surface area contributed by atoms with Crippen LogP contribution in [0.1, 0.15) is 26.2 Å². The lowest BCUT2D eigenvalue weighted by Gasteiger charge is -2.48. The van der Waals surface area contributed by atoms with Crippen LogP contribution < -0.4 is 10.2 Å². The van der Waals surface area contributed by atoms with Gasteiger partial charge in [-0.25, -0.2) is 9.37 Å². The highest BCUT2D eigenvalue weighted by Crippen LogP contribution is 2.40. The topological polar surface area (TPSA) is 70.5 Å². The van der Waals surface area contributed by atoms with E-state index >= 15 is 0 Å². The molecule has 2 fully saturated rings. The Labute approximate surface area is 136 Å². The van der Waals surface area contributed by atoms with Gasteiger partial charge in [0.1, 0.15) is 0 Å². The Morgan fingerprint density at radius 3 is 2.83 bits per heavy atom. The first kappa shape index (κ1) is 16.4. The summed E-state index contributed by atoms with van der Waals surface area (Å²) >= 11 is 0. The maximum absolute atomic E-state index is 13.5. The number of aliphatic hydroxyl groups is 1. The average molecular weight is 324 g/mol. The summed E-state index contributed by atoms with van der Waals surface area (Å²) in [4.78, 5) is 10.4. The lowest BCUT2D eigenvalue weighted by atomic mass is 9.70. The number of anilines is 2. The third-order valence-electron chi connectivity index (χ3n) is 5.31. The Hall–Kier alpha value is -1.47. The number of nitrogens with one attached hydrogen (secondary N) is 1. The highest BCUT2D eigenvalue weighted by atomic mass is 19.1. The normalized spacial score (nSPS) is 29.6. The van der Waals surface area contributed by atoms with Crippen molar-refractivity contribution in [2.45, 2.75) is 31.8 Å². The molecule has 3 heterocycles. The quantitative estimate of drug-likeness (QED) is 0.881. The smallest absolute Gasteiger partial charge is 0.227 e. The van der Waals surface area contributed by atoms with Crippen LogP contribution in [0, 0.1) is 17.7 Å². The number of ether oxygens (including phenoxy) is 1. The zero-order valence-electron chi connectivity index (χ0n) is 13.8. The Kier molecular flexibility index (Phi) is 4.68. The van der Waals surface area contributed by atoms with Gasteiger partial charge in [0.25, 0.3) is 0 Å². The molecule has 2 N–H and O–H groups in total. The van der Waals surface area contributed by atoms with Crippen molar-refractivity contribution < 1.29 is 14.2 Å². The lowest BCUT2D eigenvalue weighted by molar-refractivity contribution is -0.108. The number of piperidine rings is 1. The second-order valence-electron chi connectivity index (χ2n) is 6.59. The molecule has 2 atom stereocenters. The summed E-state index contributed by atoms with van der Waals surface area (Å²) in [6.45, 7) is 4.88. The van der Waals surface area contributed by atoms with Crippen LogP contribution in [0.2, 0.25) is 0 Å². The molecular weight excluding hydrogens is 299 g/mol. The largest absolute Gasteiger partial charge is 0.389 e. The number of nitrogens with zero attached hydrogens (tertiary/aromatic N) is 3. The summed E-state index contributed by atoms with van der Waals surface area (Å²) in [5.74, 6) is 0.644. The highest BCUT2D eigenvalue weighted by molar-refractivity contribution is 5.42. The molecule has 0 unspecified atom stereocenters. The molecule has 0 radical (unpaired) electrons. The van der Waals surface area contributed by atoms with Crippen molar-refractivity contribution in [3.63, 3.8) is 0 Å².